The molecule has 3 nitrogen and oxygen atoms in total. The number of carbonyl (C=O) groups is 1. The average Bonchev–Trinajstić information content (AvgIpc) is 2.42. The monoisotopic (exact) mass is 333 g/mol. The molecule has 2 aromatic rings. The second-order valence-corrected chi connectivity index (χ2v) is 7.52. The maximum absolute atomic E-state index is 12.7. The summed E-state index contributed by atoms with van der Waals surface area (Å²) in [5.74, 6) is 0. The number of halogens is 1. The van der Waals surface area contributed by atoms with Gasteiger partial charge in [0.1, 0.15) is 5.60 Å². The smallest absolute Gasteiger partial charge is 0.419 e. The predicted octanol–water partition coefficient (Wildman–Crippen LogP) is 5.88. The maximum Gasteiger partial charge on any atom is 0.419 e. The van der Waals surface area contributed by atoms with Crippen LogP contribution in [-0.4, -0.2) is 11.7 Å². The van der Waals surface area contributed by atoms with Crippen molar-refractivity contribution >= 4 is 40.8 Å². The number of hydrogen-bond acceptors (Lipinski definition) is 3. The largest absolute Gasteiger partial charge is 0.443 e. The third-order valence-electron chi connectivity index (χ3n) is 3.06. The molecule has 2 aromatic carbocycles. The van der Waals surface area contributed by atoms with E-state index in [1.165, 1.54) is 0 Å². The second kappa shape index (κ2) is 5.52. The Hall–Kier alpha value is -1.65. The van der Waals surface area contributed by atoms with Crippen molar-refractivity contribution in [2.24, 2.45) is 0 Å². The molecule has 0 saturated carbocycles. The van der Waals surface area contributed by atoms with Gasteiger partial charge in [0.25, 0.3) is 0 Å². The molecule has 0 radical (unpaired) electrons. The van der Waals surface area contributed by atoms with Gasteiger partial charge < -0.3 is 4.74 Å². The van der Waals surface area contributed by atoms with Gasteiger partial charge >= 0.3 is 6.09 Å². The van der Waals surface area contributed by atoms with Crippen molar-refractivity contribution in [1.82, 2.24) is 0 Å². The van der Waals surface area contributed by atoms with E-state index in [0.717, 1.165) is 21.2 Å². The number of rotatable bonds is 0. The first-order valence-corrected chi connectivity index (χ1v) is 8.14. The fraction of sp³-hybridized carbons (Fsp3) is 0.235. The van der Waals surface area contributed by atoms with Crippen LogP contribution >= 0.6 is 23.4 Å². The van der Waals surface area contributed by atoms with Crippen LogP contribution in [-0.2, 0) is 4.74 Å². The van der Waals surface area contributed by atoms with Crippen LogP contribution in [0.1, 0.15) is 20.8 Å². The number of nitrogens with zero attached hydrogens (tertiary/aromatic N) is 1. The van der Waals surface area contributed by atoms with Gasteiger partial charge in [0.2, 0.25) is 0 Å². The molecule has 0 aliphatic carbocycles. The van der Waals surface area contributed by atoms with Crippen molar-refractivity contribution in [2.75, 3.05) is 4.90 Å². The van der Waals surface area contributed by atoms with Gasteiger partial charge in [-0.25, -0.2) is 9.69 Å². The van der Waals surface area contributed by atoms with Crippen molar-refractivity contribution in [3.8, 4) is 0 Å². The summed E-state index contributed by atoms with van der Waals surface area (Å²) in [7, 11) is 0. The van der Waals surface area contributed by atoms with Gasteiger partial charge in [0.05, 0.1) is 11.4 Å². The van der Waals surface area contributed by atoms with Crippen LogP contribution in [0, 0.1) is 0 Å². The fourth-order valence-electron chi connectivity index (χ4n) is 2.23. The third-order valence-corrected chi connectivity index (χ3v) is 4.43. The molecule has 5 heteroatoms. The molecule has 0 fully saturated rings. The average molecular weight is 334 g/mol. The number of hydrogen-bond donors (Lipinski definition) is 0. The van der Waals surface area contributed by atoms with Crippen molar-refractivity contribution < 1.29 is 9.53 Å². The van der Waals surface area contributed by atoms with Gasteiger partial charge in [0.15, 0.2) is 0 Å². The van der Waals surface area contributed by atoms with Gasteiger partial charge in [-0.2, -0.15) is 0 Å². The quantitative estimate of drug-likeness (QED) is 0.603. The summed E-state index contributed by atoms with van der Waals surface area (Å²) in [4.78, 5) is 16.3. The van der Waals surface area contributed by atoms with Gasteiger partial charge in [-0.15, -0.1) is 0 Å². The second-order valence-electron chi connectivity index (χ2n) is 6.00. The highest BCUT2D eigenvalue weighted by Crippen LogP contribution is 2.49. The van der Waals surface area contributed by atoms with E-state index < -0.39 is 11.7 Å². The van der Waals surface area contributed by atoms with E-state index in [1.54, 1.807) is 22.7 Å². The van der Waals surface area contributed by atoms with Gasteiger partial charge in [-0.1, -0.05) is 35.5 Å². The highest BCUT2D eigenvalue weighted by molar-refractivity contribution is 7.99. The summed E-state index contributed by atoms with van der Waals surface area (Å²) in [5.41, 5.74) is 1.01. The van der Waals surface area contributed by atoms with Crippen LogP contribution in [0.15, 0.2) is 52.3 Å². The Bertz CT molecular complexity index is 740. The van der Waals surface area contributed by atoms with Crippen LogP contribution < -0.4 is 4.90 Å². The lowest BCUT2D eigenvalue weighted by molar-refractivity contribution is 0.0597. The zero-order chi connectivity index (χ0) is 15.9. The number of amides is 1. The lowest BCUT2D eigenvalue weighted by Crippen LogP contribution is -2.35. The zero-order valence-corrected chi connectivity index (χ0v) is 14.2. The van der Waals surface area contributed by atoms with Crippen LogP contribution in [0.3, 0.4) is 0 Å². The first-order chi connectivity index (χ1) is 10.3. The topological polar surface area (TPSA) is 29.5 Å². The molecule has 1 aliphatic rings. The van der Waals surface area contributed by atoms with E-state index in [-0.39, 0.29) is 0 Å². The van der Waals surface area contributed by atoms with Gasteiger partial charge in [-0.05, 0) is 51.1 Å². The number of fused-ring (bicyclic) bond motifs is 2. The SMILES string of the molecule is CC(C)(C)OC(=O)N1c2ccccc2Sc2ccc(Cl)cc21. The minimum absolute atomic E-state index is 0.399. The molecule has 0 saturated heterocycles. The number of ether oxygens (including phenoxy) is 1. The Balaban J connectivity index is 2.11. The first kappa shape index (κ1) is 15.3. The lowest BCUT2D eigenvalue weighted by atomic mass is 10.2. The molecule has 0 atom stereocenters. The van der Waals surface area contributed by atoms with E-state index in [2.05, 4.69) is 0 Å². The number of carbonyl (C=O) groups excluding carboxylic acids is 1. The lowest BCUT2D eigenvalue weighted by Gasteiger charge is -2.32. The third kappa shape index (κ3) is 2.94. The molecule has 1 aliphatic heterocycles. The highest BCUT2D eigenvalue weighted by Gasteiger charge is 2.31. The summed E-state index contributed by atoms with van der Waals surface area (Å²) in [5, 5.41) is 0.590. The highest BCUT2D eigenvalue weighted by atomic mass is 35.5. The van der Waals surface area contributed by atoms with E-state index >= 15 is 0 Å². The molecule has 1 amide bonds. The number of benzene rings is 2. The van der Waals surface area contributed by atoms with E-state index in [0.29, 0.717) is 5.02 Å². The minimum Gasteiger partial charge on any atom is -0.443 e. The summed E-state index contributed by atoms with van der Waals surface area (Å²) >= 11 is 7.74. The number of anilines is 2. The molecule has 114 valence electrons. The van der Waals surface area contributed by atoms with E-state index in [9.17, 15) is 4.79 Å². The Morgan fingerprint density at radius 3 is 2.50 bits per heavy atom. The normalized spacial score (nSPS) is 13.4. The molecule has 22 heavy (non-hydrogen) atoms. The molecular weight excluding hydrogens is 318 g/mol. The summed E-state index contributed by atoms with van der Waals surface area (Å²) in [6, 6.07) is 13.3. The summed E-state index contributed by atoms with van der Waals surface area (Å²) < 4.78 is 5.57. The molecule has 0 N–H and O–H groups in total. The van der Waals surface area contributed by atoms with Crippen molar-refractivity contribution in [3.63, 3.8) is 0 Å². The Kier molecular flexibility index (Phi) is 3.83. The summed E-state index contributed by atoms with van der Waals surface area (Å²) in [6.07, 6.45) is -0.399. The Morgan fingerprint density at radius 1 is 1.09 bits per heavy atom. The summed E-state index contributed by atoms with van der Waals surface area (Å²) in [6.45, 7) is 5.57. The molecule has 0 bridgehead atoms. The van der Waals surface area contributed by atoms with Crippen LogP contribution in [0.2, 0.25) is 5.02 Å². The van der Waals surface area contributed by atoms with Crippen molar-refractivity contribution in [1.29, 1.82) is 0 Å². The molecule has 0 aromatic heterocycles. The molecular formula is C17H16ClNO2S. The van der Waals surface area contributed by atoms with Gasteiger partial charge in [0, 0.05) is 14.8 Å². The van der Waals surface area contributed by atoms with Crippen molar-refractivity contribution in [3.05, 3.63) is 47.5 Å². The predicted molar refractivity (Wildman–Crippen MR) is 90.4 cm³/mol. The van der Waals surface area contributed by atoms with Gasteiger partial charge in [-0.3, -0.25) is 0 Å². The standard InChI is InChI=1S/C17H16ClNO2S/c1-17(2,3)21-16(20)19-12-6-4-5-7-14(12)22-15-9-8-11(18)10-13(15)19/h4-10H,1-3H3. The van der Waals surface area contributed by atoms with E-state index in [4.69, 9.17) is 16.3 Å². The molecule has 0 spiro atoms. The van der Waals surface area contributed by atoms with E-state index in [1.807, 2.05) is 57.2 Å². The van der Waals surface area contributed by atoms with Crippen molar-refractivity contribution in [2.45, 2.75) is 36.2 Å². The number of para-hydroxylation sites is 1. The molecule has 0 unspecified atom stereocenters. The zero-order valence-electron chi connectivity index (χ0n) is 12.6. The van der Waals surface area contributed by atoms with Crippen LogP contribution in [0.5, 0.6) is 0 Å². The Labute approximate surface area is 139 Å². The maximum atomic E-state index is 12.7. The van der Waals surface area contributed by atoms with Crippen LogP contribution in [0.25, 0.3) is 0 Å². The molecule has 3 rings (SSSR count). The van der Waals surface area contributed by atoms with Crippen LogP contribution in [0.4, 0.5) is 16.2 Å². The fourth-order valence-corrected chi connectivity index (χ4v) is 3.44. The minimum atomic E-state index is -0.560. The molecule has 1 heterocycles. The Morgan fingerprint density at radius 2 is 1.77 bits per heavy atom. The first-order valence-electron chi connectivity index (χ1n) is 6.95.